The molecule has 1 aliphatic carbocycles. The van der Waals surface area contributed by atoms with E-state index in [1.807, 2.05) is 24.3 Å². The van der Waals surface area contributed by atoms with Crippen LogP contribution in [0, 0.1) is 5.92 Å². The molecule has 1 fully saturated rings. The molecule has 0 radical (unpaired) electrons. The van der Waals surface area contributed by atoms with Crippen molar-refractivity contribution in [2.24, 2.45) is 5.92 Å². The first-order chi connectivity index (χ1) is 10.6. The number of aliphatic carboxylic acids is 1. The van der Waals surface area contributed by atoms with Gasteiger partial charge in [0.15, 0.2) is 6.10 Å². The highest BCUT2D eigenvalue weighted by atomic mass is 16.5. The highest BCUT2D eigenvalue weighted by molar-refractivity contribution is 5.84. The van der Waals surface area contributed by atoms with Gasteiger partial charge in [0.25, 0.3) is 5.91 Å². The average molecular weight is 303 g/mol. The Kier molecular flexibility index (Phi) is 4.16. The Morgan fingerprint density at radius 3 is 2.77 bits per heavy atom. The molecule has 1 heterocycles. The second-order valence-corrected chi connectivity index (χ2v) is 6.16. The molecule has 2 atom stereocenters. The molecule has 5 nitrogen and oxygen atoms in total. The summed E-state index contributed by atoms with van der Waals surface area (Å²) in [7, 11) is 0. The number of carbonyl (C=O) groups excluding carboxylic acids is 1. The summed E-state index contributed by atoms with van der Waals surface area (Å²) < 4.78 is 5.73. The standard InChI is InChI=1S/C17H21NO4/c1-11(17(20)21)10-18(13-6-7-13)16(19)15-14-5-3-2-4-12(14)8-9-22-15/h2-5,11,13,15H,6-10H2,1H3,(H,20,21)/t11-,15+/m0/s1. The van der Waals surface area contributed by atoms with Crippen LogP contribution >= 0.6 is 0 Å². The molecule has 0 bridgehead atoms. The second kappa shape index (κ2) is 6.08. The molecule has 0 aromatic heterocycles. The van der Waals surface area contributed by atoms with Crippen molar-refractivity contribution in [1.82, 2.24) is 4.90 Å². The highest BCUT2D eigenvalue weighted by Crippen LogP contribution is 2.34. The van der Waals surface area contributed by atoms with Crippen LogP contribution in [0.15, 0.2) is 24.3 Å². The number of rotatable bonds is 5. The second-order valence-electron chi connectivity index (χ2n) is 6.16. The number of hydrogen-bond acceptors (Lipinski definition) is 3. The van der Waals surface area contributed by atoms with Gasteiger partial charge in [-0.15, -0.1) is 0 Å². The summed E-state index contributed by atoms with van der Waals surface area (Å²) in [5.74, 6) is -1.53. The van der Waals surface area contributed by atoms with Gasteiger partial charge < -0.3 is 14.7 Å². The van der Waals surface area contributed by atoms with E-state index in [9.17, 15) is 9.59 Å². The maximum Gasteiger partial charge on any atom is 0.308 e. The van der Waals surface area contributed by atoms with Crippen molar-refractivity contribution >= 4 is 11.9 Å². The van der Waals surface area contributed by atoms with E-state index < -0.39 is 18.0 Å². The third kappa shape index (κ3) is 2.99. The minimum Gasteiger partial charge on any atom is -0.481 e. The molecule has 0 unspecified atom stereocenters. The van der Waals surface area contributed by atoms with Crippen LogP contribution in [0.4, 0.5) is 0 Å². The predicted molar refractivity (Wildman–Crippen MR) is 80.4 cm³/mol. The smallest absolute Gasteiger partial charge is 0.308 e. The Morgan fingerprint density at radius 2 is 2.09 bits per heavy atom. The minimum absolute atomic E-state index is 0.0947. The number of ether oxygens (including phenoxy) is 1. The van der Waals surface area contributed by atoms with Crippen LogP contribution < -0.4 is 0 Å². The van der Waals surface area contributed by atoms with Crippen molar-refractivity contribution in [3.63, 3.8) is 0 Å². The van der Waals surface area contributed by atoms with Crippen LogP contribution in [-0.4, -0.2) is 41.1 Å². The summed E-state index contributed by atoms with van der Waals surface area (Å²) in [5, 5.41) is 9.11. The van der Waals surface area contributed by atoms with Crippen molar-refractivity contribution in [3.8, 4) is 0 Å². The summed E-state index contributed by atoms with van der Waals surface area (Å²) in [6, 6.07) is 8.01. The molecule has 1 aromatic carbocycles. The Labute approximate surface area is 129 Å². The maximum absolute atomic E-state index is 12.9. The Hall–Kier alpha value is -1.88. The first-order valence-electron chi connectivity index (χ1n) is 7.80. The summed E-state index contributed by atoms with van der Waals surface area (Å²) in [6.07, 6.45) is 2.12. The van der Waals surface area contributed by atoms with Gasteiger partial charge in [0.1, 0.15) is 0 Å². The fraction of sp³-hybridized carbons (Fsp3) is 0.529. The summed E-state index contributed by atoms with van der Waals surface area (Å²) in [6.45, 7) is 2.42. The third-order valence-corrected chi connectivity index (χ3v) is 4.38. The molecule has 5 heteroatoms. The fourth-order valence-electron chi connectivity index (χ4n) is 2.93. The van der Waals surface area contributed by atoms with Gasteiger partial charge in [-0.25, -0.2) is 0 Å². The zero-order valence-corrected chi connectivity index (χ0v) is 12.7. The Morgan fingerprint density at radius 1 is 1.36 bits per heavy atom. The molecule has 1 aliphatic heterocycles. The summed E-state index contributed by atoms with van der Waals surface area (Å²) in [4.78, 5) is 25.7. The molecule has 1 N–H and O–H groups in total. The Balaban J connectivity index is 1.81. The fourth-order valence-corrected chi connectivity index (χ4v) is 2.93. The van der Waals surface area contributed by atoms with Gasteiger partial charge >= 0.3 is 5.97 Å². The number of carbonyl (C=O) groups is 2. The van der Waals surface area contributed by atoms with Crippen molar-refractivity contribution in [1.29, 1.82) is 0 Å². The SMILES string of the molecule is C[C@@H](CN(C(=O)[C@@H]1OCCc2ccccc21)C1CC1)C(=O)O. The van der Waals surface area contributed by atoms with Crippen LogP contribution in [0.3, 0.4) is 0 Å². The molecule has 2 aliphatic rings. The number of amides is 1. The number of hydrogen-bond donors (Lipinski definition) is 1. The highest BCUT2D eigenvalue weighted by Gasteiger charge is 2.39. The molecule has 118 valence electrons. The van der Waals surface area contributed by atoms with E-state index in [4.69, 9.17) is 9.84 Å². The van der Waals surface area contributed by atoms with E-state index in [1.54, 1.807) is 11.8 Å². The molecule has 22 heavy (non-hydrogen) atoms. The van der Waals surface area contributed by atoms with Gasteiger partial charge in [0.2, 0.25) is 0 Å². The lowest BCUT2D eigenvalue weighted by Crippen LogP contribution is -2.42. The number of fused-ring (bicyclic) bond motifs is 1. The van der Waals surface area contributed by atoms with Crippen molar-refractivity contribution in [2.45, 2.75) is 38.3 Å². The van der Waals surface area contributed by atoms with Crippen LogP contribution in [0.2, 0.25) is 0 Å². The largest absolute Gasteiger partial charge is 0.481 e. The van der Waals surface area contributed by atoms with Crippen LogP contribution in [0.25, 0.3) is 0 Å². The molecule has 1 saturated carbocycles. The number of carboxylic acid groups (broad SMARTS) is 1. The number of nitrogens with zero attached hydrogens (tertiary/aromatic N) is 1. The summed E-state index contributed by atoms with van der Waals surface area (Å²) in [5.41, 5.74) is 2.07. The van der Waals surface area contributed by atoms with Gasteiger partial charge in [-0.2, -0.15) is 0 Å². The topological polar surface area (TPSA) is 66.8 Å². The average Bonchev–Trinajstić information content (AvgIpc) is 3.35. The van der Waals surface area contributed by atoms with Crippen LogP contribution in [-0.2, 0) is 20.7 Å². The van der Waals surface area contributed by atoms with E-state index in [0.717, 1.165) is 30.4 Å². The lowest BCUT2D eigenvalue weighted by atomic mass is 9.96. The number of carboxylic acids is 1. The van der Waals surface area contributed by atoms with Crippen LogP contribution in [0.1, 0.15) is 37.0 Å². The molecule has 3 rings (SSSR count). The van der Waals surface area contributed by atoms with Gasteiger partial charge in [-0.05, 0) is 30.4 Å². The normalized spacial score (nSPS) is 21.8. The molecule has 0 saturated heterocycles. The third-order valence-electron chi connectivity index (χ3n) is 4.38. The summed E-state index contributed by atoms with van der Waals surface area (Å²) >= 11 is 0. The van der Waals surface area contributed by atoms with Gasteiger partial charge in [0.05, 0.1) is 12.5 Å². The van der Waals surface area contributed by atoms with Crippen molar-refractivity contribution < 1.29 is 19.4 Å². The lowest BCUT2D eigenvalue weighted by molar-refractivity contribution is -0.149. The van der Waals surface area contributed by atoms with Gasteiger partial charge in [-0.1, -0.05) is 31.2 Å². The minimum atomic E-state index is -0.872. The first kappa shape index (κ1) is 15.0. The zero-order chi connectivity index (χ0) is 15.7. The Bertz CT molecular complexity index is 582. The monoisotopic (exact) mass is 303 g/mol. The molecular formula is C17H21NO4. The predicted octanol–water partition coefficient (Wildman–Crippen LogP) is 2.01. The van der Waals surface area contributed by atoms with Gasteiger partial charge in [-0.3, -0.25) is 9.59 Å². The lowest BCUT2D eigenvalue weighted by Gasteiger charge is -2.32. The van der Waals surface area contributed by atoms with Crippen molar-refractivity contribution in [3.05, 3.63) is 35.4 Å². The molecule has 1 amide bonds. The molecule has 0 spiro atoms. The quantitative estimate of drug-likeness (QED) is 0.903. The molecule has 1 aromatic rings. The first-order valence-corrected chi connectivity index (χ1v) is 7.80. The zero-order valence-electron chi connectivity index (χ0n) is 12.7. The maximum atomic E-state index is 12.9. The van der Waals surface area contributed by atoms with Gasteiger partial charge in [0, 0.05) is 12.6 Å². The number of benzene rings is 1. The van der Waals surface area contributed by atoms with E-state index >= 15 is 0 Å². The van der Waals surface area contributed by atoms with E-state index in [2.05, 4.69) is 0 Å². The van der Waals surface area contributed by atoms with E-state index in [0.29, 0.717) is 6.61 Å². The van der Waals surface area contributed by atoms with E-state index in [-0.39, 0.29) is 18.5 Å². The van der Waals surface area contributed by atoms with E-state index in [1.165, 1.54) is 0 Å². The molecular weight excluding hydrogens is 282 g/mol. The van der Waals surface area contributed by atoms with Crippen molar-refractivity contribution in [2.75, 3.05) is 13.2 Å². The van der Waals surface area contributed by atoms with Crippen LogP contribution in [0.5, 0.6) is 0 Å².